The highest BCUT2D eigenvalue weighted by Crippen LogP contribution is 2.21. The van der Waals surface area contributed by atoms with Gasteiger partial charge in [-0.3, -0.25) is 4.79 Å². The Bertz CT molecular complexity index is 1160. The molecule has 0 aliphatic carbocycles. The van der Waals surface area contributed by atoms with E-state index in [1.54, 1.807) is 55.6 Å². The molecule has 2 aromatic heterocycles. The fraction of sp³-hybridized carbons (Fsp3) is 0.0952. The van der Waals surface area contributed by atoms with Crippen molar-refractivity contribution in [3.8, 4) is 16.5 Å². The van der Waals surface area contributed by atoms with Gasteiger partial charge in [0, 0.05) is 11.3 Å². The minimum atomic E-state index is -0.519. The Morgan fingerprint density at radius 2 is 1.90 bits per heavy atom. The largest absolute Gasteiger partial charge is 0.497 e. The van der Waals surface area contributed by atoms with E-state index >= 15 is 0 Å². The van der Waals surface area contributed by atoms with Gasteiger partial charge >= 0.3 is 5.76 Å². The Morgan fingerprint density at radius 3 is 2.55 bits per heavy atom. The van der Waals surface area contributed by atoms with Crippen LogP contribution in [0.5, 0.6) is 5.75 Å². The van der Waals surface area contributed by atoms with Crippen LogP contribution in [0.4, 0.5) is 5.69 Å². The van der Waals surface area contributed by atoms with Crippen molar-refractivity contribution < 1.29 is 13.9 Å². The molecule has 2 heterocycles. The molecule has 146 valence electrons. The second-order valence-electron chi connectivity index (χ2n) is 6.19. The lowest BCUT2D eigenvalue weighted by Crippen LogP contribution is -2.17. The predicted octanol–water partition coefficient (Wildman–Crippen LogP) is 3.87. The van der Waals surface area contributed by atoms with Gasteiger partial charge in [-0.05, 0) is 53.4 Å². The van der Waals surface area contributed by atoms with Gasteiger partial charge in [-0.15, -0.1) is 16.4 Å². The Balaban J connectivity index is 1.44. The smallest absolute Gasteiger partial charge is 0.437 e. The molecule has 0 unspecified atom stereocenters. The first-order valence-corrected chi connectivity index (χ1v) is 9.66. The van der Waals surface area contributed by atoms with Crippen molar-refractivity contribution in [2.75, 3.05) is 12.4 Å². The van der Waals surface area contributed by atoms with E-state index in [4.69, 9.17) is 9.15 Å². The van der Waals surface area contributed by atoms with Crippen LogP contribution in [-0.4, -0.2) is 22.8 Å². The molecule has 8 heteroatoms. The lowest BCUT2D eigenvalue weighted by Gasteiger charge is -2.07. The summed E-state index contributed by atoms with van der Waals surface area (Å²) in [5.74, 6) is 0.285. The molecular formula is C21H17N3O4S. The predicted molar refractivity (Wildman–Crippen MR) is 111 cm³/mol. The molecule has 1 amide bonds. The summed E-state index contributed by atoms with van der Waals surface area (Å²) in [4.78, 5) is 25.2. The number of thiophene rings is 1. The molecule has 4 rings (SSSR count). The van der Waals surface area contributed by atoms with E-state index in [9.17, 15) is 9.59 Å². The van der Waals surface area contributed by atoms with Crippen LogP contribution >= 0.6 is 11.3 Å². The minimum absolute atomic E-state index is 0.222. The second-order valence-corrected chi connectivity index (χ2v) is 7.14. The number of aromatic nitrogens is 2. The SMILES string of the molecule is COc1ccc(NC(=O)c2ccc(Cn3nc(-c4cccs4)oc3=O)cc2)cc1. The molecule has 0 aliphatic rings. The summed E-state index contributed by atoms with van der Waals surface area (Å²) in [6, 6.07) is 17.8. The van der Waals surface area contributed by atoms with Crippen LogP contribution in [0.25, 0.3) is 10.8 Å². The highest BCUT2D eigenvalue weighted by Gasteiger charge is 2.12. The number of anilines is 1. The average molecular weight is 407 g/mol. The maximum Gasteiger partial charge on any atom is 0.437 e. The van der Waals surface area contributed by atoms with Gasteiger partial charge in [0.2, 0.25) is 0 Å². The van der Waals surface area contributed by atoms with E-state index in [0.29, 0.717) is 17.1 Å². The van der Waals surface area contributed by atoms with E-state index in [1.807, 2.05) is 17.5 Å². The highest BCUT2D eigenvalue weighted by atomic mass is 32.1. The van der Waals surface area contributed by atoms with Gasteiger partial charge in [-0.25, -0.2) is 4.79 Å². The minimum Gasteiger partial charge on any atom is -0.497 e. The molecule has 0 aliphatic heterocycles. The number of hydrogen-bond donors (Lipinski definition) is 1. The molecule has 2 aromatic carbocycles. The van der Waals surface area contributed by atoms with Crippen LogP contribution in [0, 0.1) is 0 Å². The van der Waals surface area contributed by atoms with Gasteiger partial charge in [-0.2, -0.15) is 4.68 Å². The maximum absolute atomic E-state index is 12.4. The summed E-state index contributed by atoms with van der Waals surface area (Å²) in [5.41, 5.74) is 2.02. The maximum atomic E-state index is 12.4. The van der Waals surface area contributed by atoms with Gasteiger partial charge in [0.25, 0.3) is 11.8 Å². The summed E-state index contributed by atoms with van der Waals surface area (Å²) < 4.78 is 11.6. The first kappa shape index (κ1) is 18.7. The zero-order valence-electron chi connectivity index (χ0n) is 15.5. The molecule has 0 saturated carbocycles. The molecular weight excluding hydrogens is 390 g/mol. The number of amides is 1. The fourth-order valence-corrected chi connectivity index (χ4v) is 3.36. The number of benzene rings is 2. The average Bonchev–Trinajstić information content (AvgIpc) is 3.39. The van der Waals surface area contributed by atoms with E-state index in [0.717, 1.165) is 16.2 Å². The van der Waals surface area contributed by atoms with Crippen LogP contribution < -0.4 is 15.8 Å². The van der Waals surface area contributed by atoms with Gasteiger partial charge < -0.3 is 14.5 Å². The number of ether oxygens (including phenoxy) is 1. The summed E-state index contributed by atoms with van der Waals surface area (Å²) >= 11 is 1.45. The first-order chi connectivity index (χ1) is 14.1. The molecule has 0 atom stereocenters. The number of nitrogens with zero attached hydrogens (tertiary/aromatic N) is 2. The Kier molecular flexibility index (Phi) is 5.26. The fourth-order valence-electron chi connectivity index (χ4n) is 2.72. The van der Waals surface area contributed by atoms with Crippen LogP contribution in [0.15, 0.2) is 75.3 Å². The number of methoxy groups -OCH3 is 1. The zero-order chi connectivity index (χ0) is 20.2. The number of carbonyl (C=O) groups is 1. The van der Waals surface area contributed by atoms with Gasteiger partial charge in [0.15, 0.2) is 0 Å². The van der Waals surface area contributed by atoms with Crippen molar-refractivity contribution in [1.29, 1.82) is 0 Å². The third-order valence-electron chi connectivity index (χ3n) is 4.23. The number of carbonyl (C=O) groups excluding carboxylic acids is 1. The number of nitrogens with one attached hydrogen (secondary N) is 1. The lowest BCUT2D eigenvalue weighted by molar-refractivity contribution is 0.102. The van der Waals surface area contributed by atoms with Crippen molar-refractivity contribution in [1.82, 2.24) is 9.78 Å². The summed E-state index contributed by atoms with van der Waals surface area (Å²) in [6.07, 6.45) is 0. The summed E-state index contributed by atoms with van der Waals surface area (Å²) in [7, 11) is 1.59. The Labute approximate surface area is 170 Å². The van der Waals surface area contributed by atoms with Crippen molar-refractivity contribution in [2.24, 2.45) is 0 Å². The van der Waals surface area contributed by atoms with Crippen molar-refractivity contribution in [2.45, 2.75) is 6.54 Å². The topological polar surface area (TPSA) is 86.4 Å². The lowest BCUT2D eigenvalue weighted by atomic mass is 10.1. The molecule has 0 fully saturated rings. The molecule has 0 saturated heterocycles. The van der Waals surface area contributed by atoms with Crippen LogP contribution in [0.1, 0.15) is 15.9 Å². The second kappa shape index (κ2) is 8.15. The Morgan fingerprint density at radius 1 is 1.14 bits per heavy atom. The van der Waals surface area contributed by atoms with Crippen molar-refractivity contribution in [3.05, 3.63) is 87.7 Å². The quantitative estimate of drug-likeness (QED) is 0.524. The van der Waals surface area contributed by atoms with E-state index < -0.39 is 5.76 Å². The van der Waals surface area contributed by atoms with E-state index in [1.165, 1.54) is 16.0 Å². The molecule has 0 spiro atoms. The van der Waals surface area contributed by atoms with Crippen molar-refractivity contribution in [3.63, 3.8) is 0 Å². The van der Waals surface area contributed by atoms with Gasteiger partial charge in [0.05, 0.1) is 18.5 Å². The highest BCUT2D eigenvalue weighted by molar-refractivity contribution is 7.13. The number of hydrogen-bond acceptors (Lipinski definition) is 6. The molecule has 0 bridgehead atoms. The van der Waals surface area contributed by atoms with E-state index in [-0.39, 0.29) is 12.5 Å². The van der Waals surface area contributed by atoms with Crippen LogP contribution in [0.3, 0.4) is 0 Å². The van der Waals surface area contributed by atoms with E-state index in [2.05, 4.69) is 10.4 Å². The summed E-state index contributed by atoms with van der Waals surface area (Å²) in [5, 5.41) is 8.96. The third kappa shape index (κ3) is 4.27. The summed E-state index contributed by atoms with van der Waals surface area (Å²) in [6.45, 7) is 0.258. The third-order valence-corrected chi connectivity index (χ3v) is 5.09. The normalized spacial score (nSPS) is 10.7. The van der Waals surface area contributed by atoms with Crippen LogP contribution in [0.2, 0.25) is 0 Å². The monoisotopic (exact) mass is 407 g/mol. The molecule has 29 heavy (non-hydrogen) atoms. The standard InChI is InChI=1S/C21H17N3O4S/c1-27-17-10-8-16(9-11-17)22-19(25)15-6-4-14(5-7-15)13-24-21(26)28-20(23-24)18-3-2-12-29-18/h2-12H,13H2,1H3,(H,22,25). The molecule has 4 aromatic rings. The van der Waals surface area contributed by atoms with Gasteiger partial charge in [0.1, 0.15) is 5.75 Å². The molecule has 7 nitrogen and oxygen atoms in total. The van der Waals surface area contributed by atoms with Gasteiger partial charge in [-0.1, -0.05) is 18.2 Å². The Hall–Kier alpha value is -3.65. The molecule has 0 radical (unpaired) electrons. The van der Waals surface area contributed by atoms with Crippen LogP contribution in [-0.2, 0) is 6.54 Å². The first-order valence-electron chi connectivity index (χ1n) is 8.78. The number of rotatable bonds is 6. The zero-order valence-corrected chi connectivity index (χ0v) is 16.3. The molecule has 1 N–H and O–H groups in total. The van der Waals surface area contributed by atoms with Crippen molar-refractivity contribution >= 4 is 22.9 Å².